The molecule has 0 aliphatic carbocycles. The van der Waals surface area contributed by atoms with E-state index in [4.69, 9.17) is 0 Å². The highest BCUT2D eigenvalue weighted by molar-refractivity contribution is 6.13. The molecule has 1 saturated heterocycles. The second-order valence-electron chi connectivity index (χ2n) is 7.90. The molecule has 2 atom stereocenters. The molecule has 4 rings (SSSR count). The summed E-state index contributed by atoms with van der Waals surface area (Å²) in [6.45, 7) is 6.95. The molecule has 2 aromatic carbocycles. The number of fused-ring (bicyclic) bond motifs is 1. The predicted molar refractivity (Wildman–Crippen MR) is 118 cm³/mol. The summed E-state index contributed by atoms with van der Waals surface area (Å²) in [4.78, 5) is 49.5. The first-order valence-corrected chi connectivity index (χ1v) is 10.4. The molecule has 1 aliphatic rings. The quantitative estimate of drug-likeness (QED) is 0.591. The maximum Gasteiger partial charge on any atom is 0.336 e. The van der Waals surface area contributed by atoms with Gasteiger partial charge in [0, 0.05) is 5.69 Å². The van der Waals surface area contributed by atoms with E-state index in [1.54, 1.807) is 25.1 Å². The number of aromatic nitrogens is 2. The van der Waals surface area contributed by atoms with E-state index in [0.717, 1.165) is 10.5 Å². The SMILES string of the molecule is CC[NH+](Cc1nc2ccccc2c(=O)[nH]1)CN1C(=O)[C@@H](C)N(c2ccc(C)cc2)C1=O. The van der Waals surface area contributed by atoms with Gasteiger partial charge in [-0.3, -0.25) is 14.5 Å². The minimum Gasteiger partial charge on any atom is -0.311 e. The summed E-state index contributed by atoms with van der Waals surface area (Å²) in [5, 5.41) is 0.539. The number of hydrogen-bond donors (Lipinski definition) is 2. The highest BCUT2D eigenvalue weighted by atomic mass is 16.2. The first-order chi connectivity index (χ1) is 14.9. The number of nitrogens with zero attached hydrogens (tertiary/aromatic N) is 3. The van der Waals surface area contributed by atoms with Crippen LogP contribution in [0.5, 0.6) is 0 Å². The van der Waals surface area contributed by atoms with Gasteiger partial charge in [0.05, 0.1) is 17.4 Å². The molecule has 1 unspecified atom stereocenters. The molecule has 2 heterocycles. The molecule has 0 saturated carbocycles. The van der Waals surface area contributed by atoms with Gasteiger partial charge in [-0.2, -0.15) is 0 Å². The number of benzene rings is 2. The average molecular weight is 420 g/mol. The van der Waals surface area contributed by atoms with Crippen molar-refractivity contribution < 1.29 is 14.5 Å². The summed E-state index contributed by atoms with van der Waals surface area (Å²) in [7, 11) is 0. The molecule has 1 aliphatic heterocycles. The standard InChI is InChI=1S/C23H25N5O3/c1-4-26(13-20-24-19-8-6-5-7-18(19)21(29)25-20)14-27-22(30)16(3)28(23(27)31)17-11-9-15(2)10-12-17/h5-12,16H,4,13-14H2,1-3H3,(H,24,25,29)/p+1/t16-/m1/s1. The summed E-state index contributed by atoms with van der Waals surface area (Å²) >= 11 is 0. The van der Waals surface area contributed by atoms with Gasteiger partial charge in [-0.15, -0.1) is 0 Å². The summed E-state index contributed by atoms with van der Waals surface area (Å²) in [5.41, 5.74) is 2.23. The fourth-order valence-electron chi connectivity index (χ4n) is 3.88. The number of anilines is 1. The van der Waals surface area contributed by atoms with Crippen molar-refractivity contribution >= 4 is 28.5 Å². The zero-order valence-corrected chi connectivity index (χ0v) is 17.9. The number of urea groups is 1. The van der Waals surface area contributed by atoms with Crippen molar-refractivity contribution in [3.8, 4) is 0 Å². The van der Waals surface area contributed by atoms with Gasteiger partial charge in [0.15, 0.2) is 12.5 Å². The van der Waals surface area contributed by atoms with E-state index < -0.39 is 6.04 Å². The van der Waals surface area contributed by atoms with Crippen LogP contribution in [0.25, 0.3) is 10.9 Å². The lowest BCUT2D eigenvalue weighted by molar-refractivity contribution is -0.919. The Morgan fingerprint density at radius 2 is 1.77 bits per heavy atom. The van der Waals surface area contributed by atoms with E-state index in [1.165, 1.54) is 9.80 Å². The lowest BCUT2D eigenvalue weighted by Crippen LogP contribution is -3.12. The van der Waals surface area contributed by atoms with Crippen LogP contribution in [-0.4, -0.2) is 46.1 Å². The van der Waals surface area contributed by atoms with Gasteiger partial charge in [-0.05, 0) is 45.0 Å². The lowest BCUT2D eigenvalue weighted by atomic mass is 10.2. The molecule has 3 amide bonds. The van der Waals surface area contributed by atoms with Crippen molar-refractivity contribution in [2.75, 3.05) is 18.1 Å². The number of amides is 3. The number of carbonyl (C=O) groups excluding carboxylic acids is 2. The van der Waals surface area contributed by atoms with Crippen LogP contribution >= 0.6 is 0 Å². The maximum atomic E-state index is 13.1. The minimum absolute atomic E-state index is 0.191. The fourth-order valence-corrected chi connectivity index (χ4v) is 3.88. The van der Waals surface area contributed by atoms with E-state index in [-0.39, 0.29) is 24.2 Å². The smallest absolute Gasteiger partial charge is 0.311 e. The van der Waals surface area contributed by atoms with Gasteiger partial charge in [0.25, 0.3) is 11.5 Å². The minimum atomic E-state index is -0.563. The van der Waals surface area contributed by atoms with Crippen LogP contribution in [-0.2, 0) is 11.3 Å². The van der Waals surface area contributed by atoms with Crippen molar-refractivity contribution in [2.24, 2.45) is 0 Å². The lowest BCUT2D eigenvalue weighted by Gasteiger charge is -2.23. The summed E-state index contributed by atoms with van der Waals surface area (Å²) in [5.74, 6) is 0.305. The van der Waals surface area contributed by atoms with Gasteiger partial charge in [0.2, 0.25) is 0 Å². The fraction of sp³-hybridized carbons (Fsp3) is 0.304. The zero-order valence-electron chi connectivity index (χ0n) is 17.9. The molecule has 8 heteroatoms. The van der Waals surface area contributed by atoms with E-state index in [9.17, 15) is 14.4 Å². The largest absolute Gasteiger partial charge is 0.336 e. The Bertz CT molecular complexity index is 1190. The number of H-pyrrole nitrogens is 1. The Kier molecular flexibility index (Phi) is 5.56. The molecule has 1 fully saturated rings. The van der Waals surface area contributed by atoms with Crippen LogP contribution in [0.1, 0.15) is 25.2 Å². The van der Waals surface area contributed by atoms with Crippen LogP contribution in [0.2, 0.25) is 0 Å². The van der Waals surface area contributed by atoms with Gasteiger partial charge < -0.3 is 9.88 Å². The van der Waals surface area contributed by atoms with E-state index in [2.05, 4.69) is 9.97 Å². The van der Waals surface area contributed by atoms with Gasteiger partial charge in [-0.25, -0.2) is 14.7 Å². The Hall–Kier alpha value is -3.52. The first-order valence-electron chi connectivity index (χ1n) is 10.4. The molecular weight excluding hydrogens is 394 g/mol. The third-order valence-corrected chi connectivity index (χ3v) is 5.72. The van der Waals surface area contributed by atoms with Crippen molar-refractivity contribution in [1.82, 2.24) is 14.9 Å². The van der Waals surface area contributed by atoms with Crippen LogP contribution in [0, 0.1) is 6.92 Å². The number of imide groups is 1. The first kappa shape index (κ1) is 20.7. The number of carbonyl (C=O) groups is 2. The highest BCUT2D eigenvalue weighted by Gasteiger charge is 2.44. The van der Waals surface area contributed by atoms with Gasteiger partial charge in [0.1, 0.15) is 12.6 Å². The Labute approximate surface area is 180 Å². The molecule has 0 radical (unpaired) electrons. The Morgan fingerprint density at radius 1 is 1.06 bits per heavy atom. The number of rotatable bonds is 6. The molecule has 0 spiro atoms. The average Bonchev–Trinajstić information content (AvgIpc) is 2.97. The molecule has 8 nitrogen and oxygen atoms in total. The monoisotopic (exact) mass is 420 g/mol. The third kappa shape index (κ3) is 3.94. The second kappa shape index (κ2) is 8.31. The van der Waals surface area contributed by atoms with Crippen LogP contribution in [0.15, 0.2) is 53.3 Å². The van der Waals surface area contributed by atoms with Crippen LogP contribution < -0.4 is 15.4 Å². The molecule has 3 aromatic rings. The van der Waals surface area contributed by atoms with E-state index in [1.807, 2.05) is 44.2 Å². The molecule has 2 N–H and O–H groups in total. The van der Waals surface area contributed by atoms with Crippen molar-refractivity contribution in [2.45, 2.75) is 33.4 Å². The summed E-state index contributed by atoms with van der Waals surface area (Å²) in [6, 6.07) is 13.8. The Balaban J connectivity index is 1.54. The Morgan fingerprint density at radius 3 is 2.48 bits per heavy atom. The summed E-state index contributed by atoms with van der Waals surface area (Å²) in [6.07, 6.45) is 0. The maximum absolute atomic E-state index is 13.1. The van der Waals surface area contributed by atoms with Crippen LogP contribution in [0.3, 0.4) is 0 Å². The van der Waals surface area contributed by atoms with Gasteiger partial charge >= 0.3 is 6.03 Å². The molecule has 1 aromatic heterocycles. The van der Waals surface area contributed by atoms with Crippen molar-refractivity contribution in [3.63, 3.8) is 0 Å². The third-order valence-electron chi connectivity index (χ3n) is 5.72. The number of nitrogens with one attached hydrogen (secondary N) is 2. The van der Waals surface area contributed by atoms with E-state index in [0.29, 0.717) is 35.5 Å². The highest BCUT2D eigenvalue weighted by Crippen LogP contribution is 2.25. The van der Waals surface area contributed by atoms with Gasteiger partial charge in [-0.1, -0.05) is 29.8 Å². The normalized spacial score (nSPS) is 17.6. The predicted octanol–water partition coefficient (Wildman–Crippen LogP) is 1.45. The summed E-state index contributed by atoms with van der Waals surface area (Å²) < 4.78 is 0. The molecule has 0 bridgehead atoms. The topological polar surface area (TPSA) is 90.8 Å². The van der Waals surface area contributed by atoms with Crippen molar-refractivity contribution in [1.29, 1.82) is 0 Å². The van der Waals surface area contributed by atoms with Crippen LogP contribution in [0.4, 0.5) is 10.5 Å². The number of hydrogen-bond acceptors (Lipinski definition) is 4. The zero-order chi connectivity index (χ0) is 22.1. The van der Waals surface area contributed by atoms with E-state index >= 15 is 0 Å². The second-order valence-corrected chi connectivity index (χ2v) is 7.90. The van der Waals surface area contributed by atoms with Crippen molar-refractivity contribution in [3.05, 3.63) is 70.3 Å². The molecule has 160 valence electrons. The number of aryl methyl sites for hydroxylation is 1. The molecule has 31 heavy (non-hydrogen) atoms. The number of quaternary nitrogens is 1. The number of aromatic amines is 1. The number of para-hydroxylation sites is 1. The molecular formula is C23H26N5O3+.